The highest BCUT2D eigenvalue weighted by molar-refractivity contribution is 14.1. The summed E-state index contributed by atoms with van der Waals surface area (Å²) in [5, 5.41) is 1.07. The zero-order valence-electron chi connectivity index (χ0n) is 5.96. The van der Waals surface area contributed by atoms with Crippen molar-refractivity contribution in [3.05, 3.63) is 32.7 Å². The second-order valence-corrected chi connectivity index (χ2v) is 4.43. The first-order valence-corrected chi connectivity index (χ1v) is 5.19. The number of rotatable bonds is 0. The van der Waals surface area contributed by atoms with Gasteiger partial charge in [-0.15, -0.1) is 0 Å². The number of benzene rings is 1. The molecule has 0 saturated heterocycles. The molecule has 0 saturated carbocycles. The first-order valence-electron chi connectivity index (χ1n) is 3.32. The van der Waals surface area contributed by atoms with Gasteiger partial charge in [-0.25, -0.2) is 9.97 Å². The molecule has 0 N–H and O–H groups in total. The highest BCUT2D eigenvalue weighted by Gasteiger charge is 2.00. The van der Waals surface area contributed by atoms with Gasteiger partial charge < -0.3 is 0 Å². The van der Waals surface area contributed by atoms with E-state index in [2.05, 4.69) is 48.5 Å². The minimum atomic E-state index is 1.01. The smallest absolute Gasteiger partial charge is 0.116 e. The predicted octanol–water partition coefficient (Wildman–Crippen LogP) is 3.00. The largest absolute Gasteiger partial charge is 0.244 e. The van der Waals surface area contributed by atoms with Gasteiger partial charge in [0.2, 0.25) is 0 Å². The topological polar surface area (TPSA) is 25.8 Å². The van der Waals surface area contributed by atoms with Crippen LogP contribution in [0, 0.1) is 3.57 Å². The van der Waals surface area contributed by atoms with Crippen molar-refractivity contribution in [3.8, 4) is 0 Å². The van der Waals surface area contributed by atoms with Crippen molar-refractivity contribution in [2.45, 2.75) is 0 Å². The van der Waals surface area contributed by atoms with Gasteiger partial charge in [0.25, 0.3) is 0 Å². The normalized spacial score (nSPS) is 10.5. The van der Waals surface area contributed by atoms with Crippen LogP contribution in [0.5, 0.6) is 0 Å². The quantitative estimate of drug-likeness (QED) is 0.692. The van der Waals surface area contributed by atoms with E-state index in [0.29, 0.717) is 0 Å². The Bertz CT molecular complexity index is 430. The Morgan fingerprint density at radius 2 is 2.17 bits per heavy atom. The molecule has 0 spiro atoms. The Morgan fingerprint density at radius 3 is 3.00 bits per heavy atom. The Morgan fingerprint density at radius 1 is 1.33 bits per heavy atom. The molecule has 4 heteroatoms. The van der Waals surface area contributed by atoms with Crippen LogP contribution in [-0.4, -0.2) is 9.97 Å². The van der Waals surface area contributed by atoms with Crippen LogP contribution in [0.2, 0.25) is 0 Å². The van der Waals surface area contributed by atoms with Crippen molar-refractivity contribution in [2.75, 3.05) is 0 Å². The van der Waals surface area contributed by atoms with Crippen molar-refractivity contribution in [3.63, 3.8) is 0 Å². The molecule has 1 heterocycles. The molecule has 0 radical (unpaired) electrons. The average molecular weight is 335 g/mol. The van der Waals surface area contributed by atoms with Crippen LogP contribution in [0.25, 0.3) is 10.9 Å². The van der Waals surface area contributed by atoms with Crippen molar-refractivity contribution in [2.24, 2.45) is 0 Å². The molecule has 0 aliphatic heterocycles. The second-order valence-electron chi connectivity index (χ2n) is 2.35. The maximum absolute atomic E-state index is 4.18. The van der Waals surface area contributed by atoms with E-state index < -0.39 is 0 Å². The fourth-order valence-corrected chi connectivity index (χ4v) is 2.71. The number of hydrogen-bond donors (Lipinski definition) is 0. The lowest BCUT2D eigenvalue weighted by atomic mass is 10.2. The van der Waals surface area contributed by atoms with Gasteiger partial charge in [0, 0.05) is 19.6 Å². The summed E-state index contributed by atoms with van der Waals surface area (Å²) in [6, 6.07) is 4.05. The summed E-state index contributed by atoms with van der Waals surface area (Å²) in [5.74, 6) is 0. The molecule has 0 unspecified atom stereocenters. The van der Waals surface area contributed by atoms with E-state index in [9.17, 15) is 0 Å². The molecule has 2 rings (SSSR count). The summed E-state index contributed by atoms with van der Waals surface area (Å²) < 4.78 is 2.20. The van der Waals surface area contributed by atoms with Crippen LogP contribution < -0.4 is 0 Å². The molecule has 0 aliphatic rings. The van der Waals surface area contributed by atoms with Gasteiger partial charge in [0.05, 0.1) is 5.52 Å². The number of halogens is 2. The number of aromatic nitrogens is 2. The SMILES string of the molecule is Brc1cc(I)c2ncncc2c1. The Labute approximate surface area is 91.7 Å². The van der Waals surface area contributed by atoms with Gasteiger partial charge in [-0.2, -0.15) is 0 Å². The van der Waals surface area contributed by atoms with Gasteiger partial charge in [0.1, 0.15) is 6.33 Å². The van der Waals surface area contributed by atoms with E-state index in [-0.39, 0.29) is 0 Å². The molecular formula is C8H4BrIN2. The summed E-state index contributed by atoms with van der Waals surface area (Å²) in [5.41, 5.74) is 1.01. The van der Waals surface area contributed by atoms with Crippen molar-refractivity contribution in [1.82, 2.24) is 9.97 Å². The molecule has 2 nitrogen and oxygen atoms in total. The molecule has 1 aromatic heterocycles. The van der Waals surface area contributed by atoms with E-state index in [1.165, 1.54) is 0 Å². The fraction of sp³-hybridized carbons (Fsp3) is 0. The van der Waals surface area contributed by atoms with Gasteiger partial charge in [-0.3, -0.25) is 0 Å². The van der Waals surface area contributed by atoms with Crippen LogP contribution in [0.4, 0.5) is 0 Å². The molecule has 2 aromatic rings. The maximum atomic E-state index is 4.18. The standard InChI is InChI=1S/C8H4BrIN2/c9-6-1-5-3-11-4-12-8(5)7(10)2-6/h1-4H. The summed E-state index contributed by atoms with van der Waals surface area (Å²) in [4.78, 5) is 8.14. The first kappa shape index (κ1) is 8.37. The molecule has 1 aromatic carbocycles. The lowest BCUT2D eigenvalue weighted by molar-refractivity contribution is 1.22. The molecule has 0 atom stereocenters. The van der Waals surface area contributed by atoms with Crippen molar-refractivity contribution in [1.29, 1.82) is 0 Å². The number of nitrogens with zero attached hydrogens (tertiary/aromatic N) is 2. The van der Waals surface area contributed by atoms with Gasteiger partial charge >= 0.3 is 0 Å². The Balaban J connectivity index is 2.89. The maximum Gasteiger partial charge on any atom is 0.116 e. The summed E-state index contributed by atoms with van der Waals surface area (Å²) in [6.45, 7) is 0. The fourth-order valence-electron chi connectivity index (χ4n) is 1.03. The third-order valence-electron chi connectivity index (χ3n) is 1.52. The van der Waals surface area contributed by atoms with Crippen LogP contribution in [0.1, 0.15) is 0 Å². The molecule has 0 aliphatic carbocycles. The van der Waals surface area contributed by atoms with E-state index in [4.69, 9.17) is 0 Å². The van der Waals surface area contributed by atoms with E-state index in [0.717, 1.165) is 18.9 Å². The first-order chi connectivity index (χ1) is 5.77. The van der Waals surface area contributed by atoms with Crippen LogP contribution in [0.15, 0.2) is 29.1 Å². The molecular weight excluding hydrogens is 331 g/mol. The van der Waals surface area contributed by atoms with Crippen LogP contribution in [0.3, 0.4) is 0 Å². The minimum Gasteiger partial charge on any atom is -0.244 e. The lowest BCUT2D eigenvalue weighted by Crippen LogP contribution is -1.84. The third kappa shape index (κ3) is 1.45. The van der Waals surface area contributed by atoms with E-state index in [1.807, 2.05) is 18.3 Å². The van der Waals surface area contributed by atoms with Crippen LogP contribution in [-0.2, 0) is 0 Å². The molecule has 0 fully saturated rings. The highest BCUT2D eigenvalue weighted by Crippen LogP contribution is 2.22. The van der Waals surface area contributed by atoms with Crippen molar-refractivity contribution >= 4 is 49.4 Å². The monoisotopic (exact) mass is 334 g/mol. The van der Waals surface area contributed by atoms with Gasteiger partial charge in [0.15, 0.2) is 0 Å². The summed E-state index contributed by atoms with van der Waals surface area (Å²) in [7, 11) is 0. The number of hydrogen-bond acceptors (Lipinski definition) is 2. The zero-order valence-corrected chi connectivity index (χ0v) is 9.70. The predicted molar refractivity (Wildman–Crippen MR) is 60.0 cm³/mol. The number of fused-ring (bicyclic) bond motifs is 1. The Hall–Kier alpha value is -0.230. The van der Waals surface area contributed by atoms with Gasteiger partial charge in [-0.05, 0) is 34.7 Å². The Kier molecular flexibility index (Phi) is 2.27. The molecule has 12 heavy (non-hydrogen) atoms. The van der Waals surface area contributed by atoms with Gasteiger partial charge in [-0.1, -0.05) is 15.9 Å². The second kappa shape index (κ2) is 3.26. The average Bonchev–Trinajstić information content (AvgIpc) is 2.04. The lowest BCUT2D eigenvalue weighted by Gasteiger charge is -1.98. The minimum absolute atomic E-state index is 1.01. The third-order valence-corrected chi connectivity index (χ3v) is 2.80. The summed E-state index contributed by atoms with van der Waals surface area (Å²) in [6.07, 6.45) is 3.38. The van der Waals surface area contributed by atoms with Crippen molar-refractivity contribution < 1.29 is 0 Å². The molecule has 0 bridgehead atoms. The highest BCUT2D eigenvalue weighted by atomic mass is 127. The van der Waals surface area contributed by atoms with Crippen LogP contribution >= 0.6 is 38.5 Å². The summed E-state index contributed by atoms with van der Waals surface area (Å²) >= 11 is 5.69. The van der Waals surface area contributed by atoms with E-state index >= 15 is 0 Å². The zero-order chi connectivity index (χ0) is 8.55. The van der Waals surface area contributed by atoms with E-state index in [1.54, 1.807) is 6.33 Å². The molecule has 60 valence electrons. The molecule has 0 amide bonds.